The van der Waals surface area contributed by atoms with Crippen molar-refractivity contribution in [2.24, 2.45) is 0 Å². The molecule has 1 amide bonds. The smallest absolute Gasteiger partial charge is 0.272 e. The van der Waals surface area contributed by atoms with E-state index in [0.29, 0.717) is 30.5 Å². The van der Waals surface area contributed by atoms with E-state index in [-0.39, 0.29) is 17.7 Å². The van der Waals surface area contributed by atoms with Crippen LogP contribution in [0.3, 0.4) is 0 Å². The molecule has 0 N–H and O–H groups in total. The Hall–Kier alpha value is -3.48. The maximum Gasteiger partial charge on any atom is 0.272 e. The Bertz CT molecular complexity index is 1180. The van der Waals surface area contributed by atoms with Gasteiger partial charge in [0.15, 0.2) is 5.82 Å². The van der Waals surface area contributed by atoms with Gasteiger partial charge in [0, 0.05) is 25.2 Å². The zero-order valence-electron chi connectivity index (χ0n) is 16.3. The lowest BCUT2D eigenvalue weighted by molar-refractivity contribution is 0.0780. The lowest BCUT2D eigenvalue weighted by Gasteiger charge is -2.17. The number of carbonyl (C=O) groups excluding carboxylic acids is 1. The lowest BCUT2D eigenvalue weighted by atomic mass is 9.89. The van der Waals surface area contributed by atoms with Crippen LogP contribution in [0.4, 0.5) is 0 Å². The minimum Gasteiger partial charge on any atom is -0.339 e. The van der Waals surface area contributed by atoms with Crippen LogP contribution in [0.15, 0.2) is 59.3 Å². The molecule has 7 heteroatoms. The van der Waals surface area contributed by atoms with Crippen LogP contribution in [0.1, 0.15) is 45.3 Å². The summed E-state index contributed by atoms with van der Waals surface area (Å²) in [4.78, 5) is 24.4. The first kappa shape index (κ1) is 17.6. The first-order valence-electron chi connectivity index (χ1n) is 9.70. The zero-order chi connectivity index (χ0) is 20.0. The zero-order valence-corrected chi connectivity index (χ0v) is 16.3. The second kappa shape index (κ2) is 6.84. The third-order valence-electron chi connectivity index (χ3n) is 5.60. The molecule has 4 heterocycles. The quantitative estimate of drug-likeness (QED) is 0.539. The minimum atomic E-state index is -0.0398. The van der Waals surface area contributed by atoms with E-state index in [2.05, 4.69) is 27.3 Å². The monoisotopic (exact) mass is 387 g/mol. The minimum absolute atomic E-state index is 0.0270. The van der Waals surface area contributed by atoms with E-state index in [1.165, 1.54) is 5.56 Å². The third-order valence-corrected chi connectivity index (χ3v) is 5.60. The van der Waals surface area contributed by atoms with Crippen molar-refractivity contribution >= 4 is 11.6 Å². The van der Waals surface area contributed by atoms with Crippen LogP contribution in [-0.4, -0.2) is 43.4 Å². The summed E-state index contributed by atoms with van der Waals surface area (Å²) in [6.07, 6.45) is 1.88. The fourth-order valence-corrected chi connectivity index (χ4v) is 4.24. The van der Waals surface area contributed by atoms with E-state index in [1.54, 1.807) is 0 Å². The molecule has 1 aromatic carbocycles. The number of rotatable bonds is 3. The van der Waals surface area contributed by atoms with Crippen LogP contribution in [0.25, 0.3) is 5.65 Å². The normalized spacial score (nSPS) is 19.2. The molecule has 3 aromatic heterocycles. The van der Waals surface area contributed by atoms with Crippen LogP contribution < -0.4 is 0 Å². The molecule has 0 unspecified atom stereocenters. The summed E-state index contributed by atoms with van der Waals surface area (Å²) in [5.74, 6) is 1.22. The van der Waals surface area contributed by atoms with Crippen molar-refractivity contribution in [1.82, 2.24) is 24.4 Å². The van der Waals surface area contributed by atoms with Crippen molar-refractivity contribution in [2.75, 3.05) is 13.1 Å². The number of aryl methyl sites for hydroxylation is 2. The number of benzene rings is 1. The molecule has 0 radical (unpaired) electrons. The van der Waals surface area contributed by atoms with Gasteiger partial charge in [0.05, 0.1) is 11.6 Å². The molecule has 0 spiro atoms. The maximum absolute atomic E-state index is 13.5. The van der Waals surface area contributed by atoms with Crippen molar-refractivity contribution in [3.05, 3.63) is 83.4 Å². The van der Waals surface area contributed by atoms with Crippen molar-refractivity contribution in [3.8, 4) is 0 Å². The Morgan fingerprint density at radius 3 is 2.52 bits per heavy atom. The Morgan fingerprint density at radius 2 is 1.76 bits per heavy atom. The first-order valence-corrected chi connectivity index (χ1v) is 9.70. The number of hydrogen-bond acceptors (Lipinski definition) is 5. The summed E-state index contributed by atoms with van der Waals surface area (Å²) in [6.45, 7) is 4.81. The second-order valence-electron chi connectivity index (χ2n) is 7.49. The van der Waals surface area contributed by atoms with Crippen LogP contribution in [0.5, 0.6) is 0 Å². The first-order chi connectivity index (χ1) is 14.1. The fraction of sp³-hybridized carbons (Fsp3) is 0.273. The number of aromatic nitrogens is 4. The molecule has 0 bridgehead atoms. The molecule has 146 valence electrons. The van der Waals surface area contributed by atoms with Gasteiger partial charge < -0.3 is 9.42 Å². The van der Waals surface area contributed by atoms with Gasteiger partial charge in [-0.05, 0) is 31.5 Å². The molecule has 0 aliphatic carbocycles. The van der Waals surface area contributed by atoms with Crippen molar-refractivity contribution in [3.63, 3.8) is 0 Å². The number of pyridine rings is 1. The van der Waals surface area contributed by atoms with Crippen LogP contribution in [0.2, 0.25) is 0 Å². The highest BCUT2D eigenvalue weighted by Crippen LogP contribution is 2.39. The largest absolute Gasteiger partial charge is 0.339 e. The summed E-state index contributed by atoms with van der Waals surface area (Å²) < 4.78 is 7.36. The summed E-state index contributed by atoms with van der Waals surface area (Å²) >= 11 is 0. The molecular weight excluding hydrogens is 366 g/mol. The van der Waals surface area contributed by atoms with E-state index >= 15 is 0 Å². The summed E-state index contributed by atoms with van der Waals surface area (Å²) in [6, 6.07) is 16.0. The molecular formula is C22H21N5O2. The standard InChI is InChI=1S/C22H21N5O2/c1-14-20(27-11-7-6-10-19(27)23-14)22(28)26-12-17(16-8-4-3-5-9-16)18(13-26)21-24-15(2)25-29-21/h3-11,17-18H,12-13H2,1-2H3/t17-,18+/m0/s1. The van der Waals surface area contributed by atoms with Crippen molar-refractivity contribution in [1.29, 1.82) is 0 Å². The number of hydrogen-bond donors (Lipinski definition) is 0. The Morgan fingerprint density at radius 1 is 1.00 bits per heavy atom. The molecule has 5 rings (SSSR count). The Kier molecular flexibility index (Phi) is 4.16. The van der Waals surface area contributed by atoms with Gasteiger partial charge in [0.2, 0.25) is 5.89 Å². The van der Waals surface area contributed by atoms with Gasteiger partial charge in [-0.1, -0.05) is 41.6 Å². The highest BCUT2D eigenvalue weighted by Gasteiger charge is 2.41. The average Bonchev–Trinajstić information content (AvgIpc) is 3.44. The number of fused-ring (bicyclic) bond motifs is 1. The number of likely N-dealkylation sites (tertiary alicyclic amines) is 1. The SMILES string of the molecule is Cc1noc([C@@H]2CN(C(=O)c3c(C)nc4ccccn34)C[C@H]2c2ccccc2)n1. The summed E-state index contributed by atoms with van der Waals surface area (Å²) in [5.41, 5.74) is 3.28. The molecule has 0 saturated carbocycles. The van der Waals surface area contributed by atoms with Gasteiger partial charge in [0.1, 0.15) is 11.3 Å². The fourth-order valence-electron chi connectivity index (χ4n) is 4.24. The van der Waals surface area contributed by atoms with Crippen LogP contribution >= 0.6 is 0 Å². The maximum atomic E-state index is 13.5. The van der Waals surface area contributed by atoms with Gasteiger partial charge in [0.25, 0.3) is 5.91 Å². The van der Waals surface area contributed by atoms with E-state index < -0.39 is 0 Å². The molecule has 4 aromatic rings. The molecule has 29 heavy (non-hydrogen) atoms. The molecule has 1 aliphatic heterocycles. The van der Waals surface area contributed by atoms with E-state index in [4.69, 9.17) is 4.52 Å². The topological polar surface area (TPSA) is 76.5 Å². The summed E-state index contributed by atoms with van der Waals surface area (Å²) in [7, 11) is 0. The van der Waals surface area contributed by atoms with Gasteiger partial charge >= 0.3 is 0 Å². The predicted molar refractivity (Wildman–Crippen MR) is 107 cm³/mol. The van der Waals surface area contributed by atoms with Crippen LogP contribution in [0, 0.1) is 13.8 Å². The number of carbonyl (C=O) groups is 1. The molecule has 1 aliphatic rings. The average molecular weight is 387 g/mol. The van der Waals surface area contributed by atoms with E-state index in [0.717, 1.165) is 11.3 Å². The Balaban J connectivity index is 1.52. The van der Waals surface area contributed by atoms with Gasteiger partial charge in [-0.15, -0.1) is 0 Å². The van der Waals surface area contributed by atoms with Gasteiger partial charge in [-0.2, -0.15) is 4.98 Å². The molecule has 7 nitrogen and oxygen atoms in total. The van der Waals surface area contributed by atoms with Gasteiger partial charge in [-0.25, -0.2) is 4.98 Å². The molecule has 1 saturated heterocycles. The van der Waals surface area contributed by atoms with Crippen molar-refractivity contribution < 1.29 is 9.32 Å². The third kappa shape index (κ3) is 2.99. The number of amides is 1. The lowest BCUT2D eigenvalue weighted by Crippen LogP contribution is -2.30. The highest BCUT2D eigenvalue weighted by molar-refractivity contribution is 5.95. The van der Waals surface area contributed by atoms with E-state index in [9.17, 15) is 4.79 Å². The second-order valence-corrected chi connectivity index (χ2v) is 7.49. The van der Waals surface area contributed by atoms with Crippen LogP contribution in [-0.2, 0) is 0 Å². The van der Waals surface area contributed by atoms with E-state index in [1.807, 2.05) is 65.7 Å². The molecule has 1 fully saturated rings. The van der Waals surface area contributed by atoms with Gasteiger partial charge in [-0.3, -0.25) is 9.20 Å². The van der Waals surface area contributed by atoms with Crippen molar-refractivity contribution in [2.45, 2.75) is 25.7 Å². The number of nitrogens with zero attached hydrogens (tertiary/aromatic N) is 5. The molecule has 2 atom stereocenters. The number of imidazole rings is 1. The Labute approximate surface area is 168 Å². The summed E-state index contributed by atoms with van der Waals surface area (Å²) in [5, 5.41) is 3.96. The highest BCUT2D eigenvalue weighted by atomic mass is 16.5. The predicted octanol–water partition coefficient (Wildman–Crippen LogP) is 3.36.